The van der Waals surface area contributed by atoms with Crippen molar-refractivity contribution in [1.29, 1.82) is 0 Å². The summed E-state index contributed by atoms with van der Waals surface area (Å²) in [6.07, 6.45) is -3.91. The Bertz CT molecular complexity index is 1470. The van der Waals surface area contributed by atoms with Crippen molar-refractivity contribution < 1.29 is 51.2 Å². The average Bonchev–Trinajstić information content (AvgIpc) is 2.92. The van der Waals surface area contributed by atoms with Gasteiger partial charge in [0.05, 0.1) is 32.3 Å². The number of carbonyl (C=O) groups is 1. The number of aliphatic hydroxyl groups is 1. The van der Waals surface area contributed by atoms with Crippen molar-refractivity contribution in [2.24, 2.45) is 0 Å². The number of nitrogens with one attached hydrogen (secondary N) is 2. The van der Waals surface area contributed by atoms with Gasteiger partial charge < -0.3 is 30.1 Å². The third-order valence-electron chi connectivity index (χ3n) is 5.83. The molecule has 236 valence electrons. The van der Waals surface area contributed by atoms with Gasteiger partial charge in [0.1, 0.15) is 5.75 Å². The number of carboxylic acid groups (broad SMARTS) is 1. The molecule has 5 N–H and O–H groups in total. The second-order valence-electron chi connectivity index (χ2n) is 9.27. The van der Waals surface area contributed by atoms with E-state index in [0.29, 0.717) is 23.5 Å². The molecule has 0 saturated carbocycles. The fourth-order valence-electron chi connectivity index (χ4n) is 3.89. The van der Waals surface area contributed by atoms with Gasteiger partial charge in [-0.25, -0.2) is 13.2 Å². The fraction of sp³-hybridized carbons (Fsp3) is 0.321. The number of alkyl halides is 3. The number of methoxy groups -OCH3 is 2. The lowest BCUT2D eigenvalue weighted by Crippen LogP contribution is -2.33. The largest absolute Gasteiger partial charge is 0.506 e. The second kappa shape index (κ2) is 15.8. The van der Waals surface area contributed by atoms with Crippen LogP contribution in [0.3, 0.4) is 0 Å². The molecule has 0 aliphatic heterocycles. The van der Waals surface area contributed by atoms with Gasteiger partial charge >= 0.3 is 12.1 Å². The van der Waals surface area contributed by atoms with Crippen molar-refractivity contribution in [3.63, 3.8) is 0 Å². The summed E-state index contributed by atoms with van der Waals surface area (Å²) in [5.74, 6) is -1.73. The molecule has 3 rings (SSSR count). The number of hydrogen-bond acceptors (Lipinski definition) is 8. The first-order valence-corrected chi connectivity index (χ1v) is 15.2. The molecule has 0 aromatic heterocycles. The minimum Gasteiger partial charge on any atom is -0.506 e. The highest BCUT2D eigenvalue weighted by Gasteiger charge is 2.38. The van der Waals surface area contributed by atoms with Gasteiger partial charge in [0.15, 0.2) is 11.5 Å². The molecule has 0 aliphatic rings. The lowest BCUT2D eigenvalue weighted by molar-refractivity contribution is -0.192. The molecule has 3 aromatic rings. The monoisotopic (exact) mass is 692 g/mol. The second-order valence-corrected chi connectivity index (χ2v) is 11.9. The van der Waals surface area contributed by atoms with Crippen molar-refractivity contribution in [2.75, 3.05) is 31.7 Å². The molecule has 2 atom stereocenters. The lowest BCUT2D eigenvalue weighted by atomic mass is 9.97. The summed E-state index contributed by atoms with van der Waals surface area (Å²) in [6, 6.07) is 18.2. The molecule has 43 heavy (non-hydrogen) atoms. The molecule has 15 heteroatoms. The minimum atomic E-state index is -5.08. The van der Waals surface area contributed by atoms with Crippen LogP contribution in [-0.2, 0) is 27.7 Å². The normalized spacial score (nSPS) is 12.8. The maximum Gasteiger partial charge on any atom is 0.490 e. The Morgan fingerprint density at radius 3 is 2.09 bits per heavy atom. The number of ether oxygens (including phenoxy) is 2. The third-order valence-corrected chi connectivity index (χ3v) is 7.11. The molecule has 0 heterocycles. The molecule has 3 aromatic carbocycles. The van der Waals surface area contributed by atoms with Gasteiger partial charge in [-0.2, -0.15) is 13.2 Å². The number of carboxylic acids is 1. The van der Waals surface area contributed by atoms with E-state index >= 15 is 0 Å². The number of phenolic OH excluding ortho intramolecular Hbond substituents is 1. The van der Waals surface area contributed by atoms with Gasteiger partial charge in [-0.3, -0.25) is 4.72 Å². The van der Waals surface area contributed by atoms with E-state index in [0.717, 1.165) is 21.9 Å². The number of rotatable bonds is 12. The number of aliphatic hydroxyl groups excluding tert-OH is 1. The zero-order chi connectivity index (χ0) is 32.4. The standard InChI is InChI=1S/C26H31BrN2O6S.C2HF3O2/c1-34-25-14-20(21(27)15-26(25)35-2)22(12-17-7-5-4-6-8-17)28-16-19(30)11-18-9-10-24(31)23(13-18)29-36(3,32)33;3-2(4,5)1(6)7/h4-10,13-15,19,22,28-31H,11-12,16H2,1-3H3;(H,6,7)/t19-,22?;/m0./s1. The van der Waals surface area contributed by atoms with Gasteiger partial charge in [0.2, 0.25) is 10.0 Å². The predicted octanol–water partition coefficient (Wildman–Crippen LogP) is 4.65. The zero-order valence-corrected chi connectivity index (χ0v) is 25.8. The molecule has 0 amide bonds. The summed E-state index contributed by atoms with van der Waals surface area (Å²) in [7, 11) is -0.380. The van der Waals surface area contributed by atoms with Crippen molar-refractivity contribution in [3.05, 3.63) is 81.8 Å². The van der Waals surface area contributed by atoms with E-state index in [1.54, 1.807) is 20.3 Å². The van der Waals surface area contributed by atoms with Gasteiger partial charge in [-0.05, 0) is 53.8 Å². The van der Waals surface area contributed by atoms with Crippen LogP contribution in [0.4, 0.5) is 18.9 Å². The van der Waals surface area contributed by atoms with Crippen molar-refractivity contribution >= 4 is 37.6 Å². The van der Waals surface area contributed by atoms with E-state index in [4.69, 9.17) is 19.4 Å². The fourth-order valence-corrected chi connectivity index (χ4v) is 5.05. The van der Waals surface area contributed by atoms with Gasteiger partial charge in [-0.1, -0.05) is 52.3 Å². The Morgan fingerprint density at radius 1 is 0.977 bits per heavy atom. The first-order valence-electron chi connectivity index (χ1n) is 12.5. The van der Waals surface area contributed by atoms with Crippen LogP contribution in [0.1, 0.15) is 22.7 Å². The van der Waals surface area contributed by atoms with Gasteiger partial charge in [0, 0.05) is 17.1 Å². The zero-order valence-electron chi connectivity index (χ0n) is 23.4. The Hall–Kier alpha value is -3.53. The van der Waals surface area contributed by atoms with Crippen LogP contribution in [0.5, 0.6) is 17.2 Å². The topological polar surface area (TPSA) is 154 Å². The number of phenols is 1. The van der Waals surface area contributed by atoms with E-state index in [9.17, 15) is 31.8 Å². The van der Waals surface area contributed by atoms with Crippen LogP contribution in [0.2, 0.25) is 0 Å². The van der Waals surface area contributed by atoms with Crippen molar-refractivity contribution in [3.8, 4) is 17.2 Å². The lowest BCUT2D eigenvalue weighted by Gasteiger charge is -2.24. The van der Waals surface area contributed by atoms with E-state index in [-0.39, 0.29) is 30.4 Å². The number of sulfonamides is 1. The summed E-state index contributed by atoms with van der Waals surface area (Å²) < 4.78 is 68.9. The van der Waals surface area contributed by atoms with Crippen molar-refractivity contribution in [2.45, 2.75) is 31.2 Å². The van der Waals surface area contributed by atoms with Crippen LogP contribution in [0, 0.1) is 0 Å². The van der Waals surface area contributed by atoms with Gasteiger partial charge in [0.25, 0.3) is 0 Å². The number of hydrogen-bond donors (Lipinski definition) is 5. The van der Waals surface area contributed by atoms with Crippen LogP contribution < -0.4 is 19.5 Å². The molecule has 1 unspecified atom stereocenters. The Kier molecular flexibility index (Phi) is 13.1. The molecule has 0 spiro atoms. The molecule has 0 bridgehead atoms. The quantitative estimate of drug-likeness (QED) is 0.171. The highest BCUT2D eigenvalue weighted by atomic mass is 79.9. The first-order chi connectivity index (χ1) is 20.0. The van der Waals surface area contributed by atoms with E-state index in [1.807, 2.05) is 42.5 Å². The predicted molar refractivity (Wildman–Crippen MR) is 158 cm³/mol. The first kappa shape index (κ1) is 35.7. The smallest absolute Gasteiger partial charge is 0.490 e. The Balaban J connectivity index is 0.000000821. The summed E-state index contributed by atoms with van der Waals surface area (Å²) in [5.41, 5.74) is 2.83. The summed E-state index contributed by atoms with van der Waals surface area (Å²) in [4.78, 5) is 8.90. The van der Waals surface area contributed by atoms with E-state index in [1.165, 1.54) is 12.1 Å². The Labute approximate surface area is 255 Å². The minimum absolute atomic E-state index is 0.0753. The highest BCUT2D eigenvalue weighted by Crippen LogP contribution is 2.37. The summed E-state index contributed by atoms with van der Waals surface area (Å²) >= 11 is 3.65. The number of anilines is 1. The Morgan fingerprint density at radius 2 is 1.56 bits per heavy atom. The average molecular weight is 694 g/mol. The maximum absolute atomic E-state index is 11.6. The molecule has 10 nitrogen and oxygen atoms in total. The molecule has 0 fully saturated rings. The number of aliphatic carboxylic acids is 1. The summed E-state index contributed by atoms with van der Waals surface area (Å²) in [6.45, 7) is 0.272. The van der Waals surface area contributed by atoms with Crippen LogP contribution >= 0.6 is 15.9 Å². The molecule has 0 saturated heterocycles. The molecular weight excluding hydrogens is 661 g/mol. The van der Waals surface area contributed by atoms with E-state index in [2.05, 4.69) is 26.0 Å². The highest BCUT2D eigenvalue weighted by molar-refractivity contribution is 9.10. The summed E-state index contributed by atoms with van der Waals surface area (Å²) in [5, 5.41) is 31.3. The molecule has 0 radical (unpaired) electrons. The number of halogens is 4. The maximum atomic E-state index is 11.6. The molecule has 0 aliphatic carbocycles. The van der Waals surface area contributed by atoms with Crippen LogP contribution in [0.25, 0.3) is 0 Å². The number of benzene rings is 3. The third kappa shape index (κ3) is 11.9. The number of aromatic hydroxyl groups is 1. The van der Waals surface area contributed by atoms with E-state index < -0.39 is 28.3 Å². The van der Waals surface area contributed by atoms with Crippen LogP contribution in [0.15, 0.2) is 65.1 Å². The van der Waals surface area contributed by atoms with Crippen LogP contribution in [-0.4, -0.2) is 69.0 Å². The van der Waals surface area contributed by atoms with Gasteiger partial charge in [-0.15, -0.1) is 0 Å². The molecular formula is C28H32BrF3N2O8S. The SMILES string of the molecule is COc1cc(Br)c(C(Cc2ccccc2)NC[C@@H](O)Cc2ccc(O)c(NS(C)(=O)=O)c2)cc1OC.O=C(O)C(F)(F)F. The van der Waals surface area contributed by atoms with Crippen molar-refractivity contribution in [1.82, 2.24) is 5.32 Å².